The molecular weight excluding hydrogens is 288 g/mol. The van der Waals surface area contributed by atoms with Gasteiger partial charge in [0, 0.05) is 24.4 Å². The maximum absolute atomic E-state index is 12.5. The summed E-state index contributed by atoms with van der Waals surface area (Å²) in [6.45, 7) is 10.6. The molecular formula is C14H24N4O2S. The first-order valence-corrected chi connectivity index (χ1v) is 8.09. The van der Waals surface area contributed by atoms with Crippen molar-refractivity contribution in [3.8, 4) is 0 Å². The topological polar surface area (TPSA) is 90.1 Å². The third-order valence-corrected chi connectivity index (χ3v) is 5.53. The van der Waals surface area contributed by atoms with Gasteiger partial charge in [0.1, 0.15) is 10.5 Å². The number of nitrogens with one attached hydrogen (secondary N) is 1. The fraction of sp³-hybridized carbons (Fsp3) is 0.786. The number of carbonyl (C=O) groups excluding carboxylic acids is 1. The van der Waals surface area contributed by atoms with E-state index in [0.717, 1.165) is 5.01 Å². The molecule has 0 saturated heterocycles. The number of carbonyl (C=O) groups is 1. The van der Waals surface area contributed by atoms with Gasteiger partial charge in [-0.15, -0.1) is 10.2 Å². The molecule has 0 aliphatic heterocycles. The van der Waals surface area contributed by atoms with Gasteiger partial charge in [-0.1, -0.05) is 39.0 Å². The third kappa shape index (κ3) is 2.69. The molecule has 6 nitrogen and oxygen atoms in total. The SMILES string of the molecule is CCOC1CC(N)(C(=O)Nc2nnc(C(C)C)s2)C1(C)C. The van der Waals surface area contributed by atoms with E-state index in [4.69, 9.17) is 10.5 Å². The van der Waals surface area contributed by atoms with Crippen molar-refractivity contribution in [2.45, 2.75) is 58.6 Å². The molecule has 1 aromatic heterocycles. The molecule has 1 aromatic rings. The van der Waals surface area contributed by atoms with Gasteiger partial charge >= 0.3 is 0 Å². The quantitative estimate of drug-likeness (QED) is 0.869. The van der Waals surface area contributed by atoms with Gasteiger partial charge in [-0.2, -0.15) is 0 Å². The van der Waals surface area contributed by atoms with E-state index >= 15 is 0 Å². The molecule has 1 fully saturated rings. The van der Waals surface area contributed by atoms with Crippen LogP contribution < -0.4 is 11.1 Å². The molecule has 1 amide bonds. The number of nitrogens with two attached hydrogens (primary N) is 1. The monoisotopic (exact) mass is 312 g/mol. The predicted octanol–water partition coefficient (Wildman–Crippen LogP) is 2.13. The zero-order valence-electron chi connectivity index (χ0n) is 13.3. The van der Waals surface area contributed by atoms with E-state index < -0.39 is 11.0 Å². The summed E-state index contributed by atoms with van der Waals surface area (Å²) in [5, 5.41) is 12.3. The maximum Gasteiger partial charge on any atom is 0.247 e. The van der Waals surface area contributed by atoms with E-state index in [1.54, 1.807) is 0 Å². The number of ether oxygens (including phenoxy) is 1. The molecule has 1 saturated carbocycles. The number of nitrogens with zero attached hydrogens (tertiary/aromatic N) is 2. The second-order valence-electron chi connectivity index (χ2n) is 6.40. The fourth-order valence-corrected chi connectivity index (χ4v) is 3.29. The summed E-state index contributed by atoms with van der Waals surface area (Å²) < 4.78 is 5.64. The Kier molecular flexibility index (Phi) is 4.37. The van der Waals surface area contributed by atoms with Crippen molar-refractivity contribution in [1.29, 1.82) is 0 Å². The molecule has 1 heterocycles. The standard InChI is InChI=1S/C14H24N4O2S/c1-6-20-9-7-14(15,13(9,4)5)11(19)16-12-18-17-10(21-12)8(2)3/h8-9H,6-7,15H2,1-5H3,(H,16,18,19). The van der Waals surface area contributed by atoms with Crippen molar-refractivity contribution in [3.05, 3.63) is 5.01 Å². The number of aromatic nitrogens is 2. The van der Waals surface area contributed by atoms with Gasteiger partial charge in [-0.3, -0.25) is 10.1 Å². The van der Waals surface area contributed by atoms with Crippen LogP contribution in [-0.4, -0.2) is 34.4 Å². The highest BCUT2D eigenvalue weighted by Crippen LogP contribution is 2.50. The average molecular weight is 312 g/mol. The minimum atomic E-state index is -0.934. The van der Waals surface area contributed by atoms with Crippen molar-refractivity contribution < 1.29 is 9.53 Å². The van der Waals surface area contributed by atoms with Crippen LogP contribution in [0.2, 0.25) is 0 Å². The minimum absolute atomic E-state index is 0.0129. The molecule has 0 radical (unpaired) electrons. The maximum atomic E-state index is 12.5. The van der Waals surface area contributed by atoms with Crippen molar-refractivity contribution in [2.75, 3.05) is 11.9 Å². The molecule has 0 spiro atoms. The Balaban J connectivity index is 2.06. The average Bonchev–Trinajstić information content (AvgIpc) is 2.86. The Morgan fingerprint density at radius 3 is 2.67 bits per heavy atom. The van der Waals surface area contributed by atoms with Gasteiger partial charge in [-0.05, 0) is 6.92 Å². The molecule has 3 N–H and O–H groups in total. The van der Waals surface area contributed by atoms with Crippen LogP contribution in [0, 0.1) is 5.41 Å². The van der Waals surface area contributed by atoms with Crippen LogP contribution in [0.4, 0.5) is 5.13 Å². The molecule has 2 atom stereocenters. The summed E-state index contributed by atoms with van der Waals surface area (Å²) in [6.07, 6.45) is 0.536. The molecule has 1 aliphatic carbocycles. The summed E-state index contributed by atoms with van der Waals surface area (Å²) in [5.74, 6) is 0.0809. The lowest BCUT2D eigenvalue weighted by Crippen LogP contribution is -2.74. The van der Waals surface area contributed by atoms with Gasteiger partial charge in [0.05, 0.1) is 6.10 Å². The third-order valence-electron chi connectivity index (χ3n) is 4.39. The first kappa shape index (κ1) is 16.3. The van der Waals surface area contributed by atoms with Gasteiger partial charge in [0.25, 0.3) is 0 Å². The molecule has 2 unspecified atom stereocenters. The van der Waals surface area contributed by atoms with Gasteiger partial charge in [0.15, 0.2) is 0 Å². The number of hydrogen-bond donors (Lipinski definition) is 2. The molecule has 2 rings (SSSR count). The number of rotatable bonds is 5. The highest BCUT2D eigenvalue weighted by molar-refractivity contribution is 7.15. The lowest BCUT2D eigenvalue weighted by Gasteiger charge is -2.57. The normalized spacial score (nSPS) is 27.5. The predicted molar refractivity (Wildman–Crippen MR) is 83.4 cm³/mol. The van der Waals surface area contributed by atoms with Crippen LogP contribution in [0.5, 0.6) is 0 Å². The van der Waals surface area contributed by atoms with Crippen LogP contribution in [0.15, 0.2) is 0 Å². The largest absolute Gasteiger partial charge is 0.378 e. The Morgan fingerprint density at radius 1 is 1.52 bits per heavy atom. The molecule has 0 bridgehead atoms. The van der Waals surface area contributed by atoms with Crippen molar-refractivity contribution >= 4 is 22.4 Å². The van der Waals surface area contributed by atoms with Crippen LogP contribution in [-0.2, 0) is 9.53 Å². The molecule has 0 aromatic carbocycles. The van der Waals surface area contributed by atoms with E-state index in [1.165, 1.54) is 11.3 Å². The van der Waals surface area contributed by atoms with Gasteiger partial charge < -0.3 is 10.5 Å². The number of hydrogen-bond acceptors (Lipinski definition) is 6. The van der Waals surface area contributed by atoms with Crippen LogP contribution >= 0.6 is 11.3 Å². The van der Waals surface area contributed by atoms with E-state index in [-0.39, 0.29) is 12.0 Å². The summed E-state index contributed by atoms with van der Waals surface area (Å²) in [4.78, 5) is 12.5. The summed E-state index contributed by atoms with van der Waals surface area (Å²) >= 11 is 1.39. The van der Waals surface area contributed by atoms with Crippen molar-refractivity contribution in [3.63, 3.8) is 0 Å². The first-order valence-electron chi connectivity index (χ1n) is 7.27. The Labute approximate surface area is 129 Å². The minimum Gasteiger partial charge on any atom is -0.378 e. The van der Waals surface area contributed by atoms with Crippen molar-refractivity contribution in [2.24, 2.45) is 11.1 Å². The Hall–Kier alpha value is -1.05. The fourth-order valence-electron chi connectivity index (χ4n) is 2.55. The Bertz CT molecular complexity index is 529. The highest BCUT2D eigenvalue weighted by Gasteiger charge is 2.63. The molecule has 7 heteroatoms. The van der Waals surface area contributed by atoms with E-state index in [0.29, 0.717) is 24.1 Å². The Morgan fingerprint density at radius 2 is 2.19 bits per heavy atom. The summed E-state index contributed by atoms with van der Waals surface area (Å²) in [7, 11) is 0. The number of anilines is 1. The van der Waals surface area contributed by atoms with Crippen LogP contribution in [0.25, 0.3) is 0 Å². The van der Waals surface area contributed by atoms with Crippen molar-refractivity contribution in [1.82, 2.24) is 10.2 Å². The molecule has 1 aliphatic rings. The second-order valence-corrected chi connectivity index (χ2v) is 7.40. The van der Waals surface area contributed by atoms with Gasteiger partial charge in [0.2, 0.25) is 11.0 Å². The van der Waals surface area contributed by atoms with E-state index in [2.05, 4.69) is 15.5 Å². The highest BCUT2D eigenvalue weighted by atomic mass is 32.1. The zero-order valence-corrected chi connectivity index (χ0v) is 14.1. The van der Waals surface area contributed by atoms with Gasteiger partial charge in [-0.25, -0.2) is 0 Å². The van der Waals surface area contributed by atoms with Crippen LogP contribution in [0.1, 0.15) is 52.0 Å². The molecule has 21 heavy (non-hydrogen) atoms. The number of amides is 1. The smallest absolute Gasteiger partial charge is 0.247 e. The molecule has 118 valence electrons. The zero-order chi connectivity index (χ0) is 15.8. The summed E-state index contributed by atoms with van der Waals surface area (Å²) in [6, 6.07) is 0. The van der Waals surface area contributed by atoms with E-state index in [1.807, 2.05) is 34.6 Å². The first-order chi connectivity index (χ1) is 9.72. The lowest BCUT2D eigenvalue weighted by molar-refractivity contribution is -0.166. The second kappa shape index (κ2) is 5.62. The van der Waals surface area contributed by atoms with Crippen LogP contribution in [0.3, 0.4) is 0 Å². The lowest BCUT2D eigenvalue weighted by atomic mass is 9.54. The van der Waals surface area contributed by atoms with E-state index in [9.17, 15) is 4.79 Å². The summed E-state index contributed by atoms with van der Waals surface area (Å²) in [5.41, 5.74) is 4.99.